The smallest absolute Gasteiger partial charge is 0.323 e. The summed E-state index contributed by atoms with van der Waals surface area (Å²) in [6, 6.07) is 10.2. The first-order valence-corrected chi connectivity index (χ1v) is 8.89. The summed E-state index contributed by atoms with van der Waals surface area (Å²) in [6.45, 7) is -0.151. The lowest BCUT2D eigenvalue weighted by molar-refractivity contribution is -0.124. The third-order valence-electron chi connectivity index (χ3n) is 3.87. The van der Waals surface area contributed by atoms with Crippen LogP contribution in [0.5, 0.6) is 0 Å². The van der Waals surface area contributed by atoms with Crippen molar-refractivity contribution in [1.29, 1.82) is 0 Å². The van der Waals surface area contributed by atoms with Crippen molar-refractivity contribution in [3.05, 3.63) is 62.5 Å². The average molecular weight is 407 g/mol. The number of amides is 2. The Morgan fingerprint density at radius 3 is 2.48 bits per heavy atom. The quantitative estimate of drug-likeness (QED) is 0.505. The van der Waals surface area contributed by atoms with Crippen molar-refractivity contribution < 1.29 is 9.59 Å². The van der Waals surface area contributed by atoms with Gasteiger partial charge in [-0.15, -0.1) is 0 Å². The number of hydrogen-bond acceptors (Lipinski definition) is 3. The first kappa shape index (κ1) is 19.0. The Morgan fingerprint density at radius 2 is 1.70 bits per heavy atom. The second-order valence-electron chi connectivity index (χ2n) is 5.91. The standard InChI is InChI=1S/C18H16Cl2N4O3/c19-12-4-1-10(7-13(12)20)2-6-16(25)21-9-17(26)22-11-3-5-14-15(8-11)24-18(27)23-14/h1,3-5,7-8H,2,6,9H2,(H,21,25)(H,22,26)(H2,23,24,27). The lowest BCUT2D eigenvalue weighted by atomic mass is 10.1. The van der Waals surface area contributed by atoms with Gasteiger partial charge in [0.05, 0.1) is 27.6 Å². The van der Waals surface area contributed by atoms with E-state index in [0.717, 1.165) is 5.56 Å². The molecule has 0 atom stereocenters. The van der Waals surface area contributed by atoms with E-state index in [4.69, 9.17) is 23.2 Å². The Morgan fingerprint density at radius 1 is 0.926 bits per heavy atom. The lowest BCUT2D eigenvalue weighted by Gasteiger charge is -2.07. The molecule has 0 saturated carbocycles. The molecule has 9 heteroatoms. The number of rotatable bonds is 6. The number of imidazole rings is 1. The van der Waals surface area contributed by atoms with Gasteiger partial charge in [-0.1, -0.05) is 29.3 Å². The van der Waals surface area contributed by atoms with E-state index in [1.807, 2.05) is 0 Å². The van der Waals surface area contributed by atoms with Gasteiger partial charge >= 0.3 is 5.69 Å². The number of nitrogens with one attached hydrogen (secondary N) is 4. The van der Waals surface area contributed by atoms with E-state index in [0.29, 0.717) is 33.2 Å². The van der Waals surface area contributed by atoms with E-state index in [1.165, 1.54) is 0 Å². The molecule has 0 unspecified atom stereocenters. The first-order chi connectivity index (χ1) is 12.9. The summed E-state index contributed by atoms with van der Waals surface area (Å²) >= 11 is 11.8. The molecule has 0 aliphatic heterocycles. The van der Waals surface area contributed by atoms with Crippen LogP contribution in [0.25, 0.3) is 11.0 Å². The van der Waals surface area contributed by atoms with Crippen molar-refractivity contribution in [3.63, 3.8) is 0 Å². The van der Waals surface area contributed by atoms with E-state index in [-0.39, 0.29) is 30.5 Å². The summed E-state index contributed by atoms with van der Waals surface area (Å²) in [6.07, 6.45) is 0.712. The predicted molar refractivity (Wildman–Crippen MR) is 105 cm³/mol. The van der Waals surface area contributed by atoms with Crippen LogP contribution in [-0.2, 0) is 16.0 Å². The second-order valence-corrected chi connectivity index (χ2v) is 6.73. The number of aryl methyl sites for hydroxylation is 1. The number of benzene rings is 2. The van der Waals surface area contributed by atoms with Gasteiger partial charge in [-0.25, -0.2) is 4.79 Å². The van der Waals surface area contributed by atoms with Gasteiger partial charge in [-0.3, -0.25) is 9.59 Å². The Kier molecular flexibility index (Phi) is 5.83. The molecule has 3 rings (SSSR count). The summed E-state index contributed by atoms with van der Waals surface area (Å²) in [5, 5.41) is 6.13. The zero-order valence-corrected chi connectivity index (χ0v) is 15.6. The van der Waals surface area contributed by atoms with Gasteiger partial charge in [0.1, 0.15) is 0 Å². The van der Waals surface area contributed by atoms with Crippen LogP contribution in [-0.4, -0.2) is 28.3 Å². The van der Waals surface area contributed by atoms with Gasteiger partial charge in [0.2, 0.25) is 11.8 Å². The minimum absolute atomic E-state index is 0.151. The maximum absolute atomic E-state index is 12.0. The average Bonchev–Trinajstić information content (AvgIpc) is 3.00. The molecule has 1 heterocycles. The fraction of sp³-hybridized carbons (Fsp3) is 0.167. The van der Waals surface area contributed by atoms with Crippen molar-refractivity contribution in [2.24, 2.45) is 0 Å². The predicted octanol–water partition coefficient (Wildman–Crippen LogP) is 2.85. The van der Waals surface area contributed by atoms with Gasteiger partial charge in [0.25, 0.3) is 0 Å². The molecule has 0 aliphatic rings. The highest BCUT2D eigenvalue weighted by Crippen LogP contribution is 2.23. The summed E-state index contributed by atoms with van der Waals surface area (Å²) in [5.41, 5.74) is 2.32. The zero-order chi connectivity index (χ0) is 19.4. The molecular formula is C18H16Cl2N4O3. The van der Waals surface area contributed by atoms with Crippen molar-refractivity contribution in [2.45, 2.75) is 12.8 Å². The second kappa shape index (κ2) is 8.28. The molecule has 1 aromatic heterocycles. The largest absolute Gasteiger partial charge is 0.347 e. The molecule has 4 N–H and O–H groups in total. The fourth-order valence-electron chi connectivity index (χ4n) is 2.54. The number of carbonyl (C=O) groups is 2. The van der Waals surface area contributed by atoms with Gasteiger partial charge < -0.3 is 20.6 Å². The van der Waals surface area contributed by atoms with Crippen LogP contribution >= 0.6 is 23.2 Å². The Balaban J connectivity index is 1.46. The van der Waals surface area contributed by atoms with Crippen LogP contribution in [0.4, 0.5) is 5.69 Å². The normalized spacial score (nSPS) is 10.7. The SMILES string of the molecule is O=C(CCc1ccc(Cl)c(Cl)c1)NCC(=O)Nc1ccc2[nH]c(=O)[nH]c2c1. The van der Waals surface area contributed by atoms with Crippen LogP contribution in [0.3, 0.4) is 0 Å². The van der Waals surface area contributed by atoms with Crippen LogP contribution in [0.1, 0.15) is 12.0 Å². The number of hydrogen-bond donors (Lipinski definition) is 4. The summed E-state index contributed by atoms with van der Waals surface area (Å²) < 4.78 is 0. The summed E-state index contributed by atoms with van der Waals surface area (Å²) in [4.78, 5) is 40.4. The van der Waals surface area contributed by atoms with Crippen LogP contribution in [0.2, 0.25) is 10.0 Å². The van der Waals surface area contributed by atoms with Crippen LogP contribution in [0, 0.1) is 0 Å². The highest BCUT2D eigenvalue weighted by molar-refractivity contribution is 6.42. The molecule has 27 heavy (non-hydrogen) atoms. The van der Waals surface area contributed by atoms with Crippen molar-refractivity contribution >= 4 is 51.7 Å². The number of carbonyl (C=O) groups excluding carboxylic acids is 2. The molecule has 0 aliphatic carbocycles. The molecule has 7 nitrogen and oxygen atoms in total. The first-order valence-electron chi connectivity index (χ1n) is 8.13. The number of H-pyrrole nitrogens is 2. The van der Waals surface area contributed by atoms with Crippen molar-refractivity contribution in [2.75, 3.05) is 11.9 Å². The van der Waals surface area contributed by atoms with E-state index in [9.17, 15) is 14.4 Å². The monoisotopic (exact) mass is 406 g/mol. The molecule has 0 fully saturated rings. The van der Waals surface area contributed by atoms with Gasteiger partial charge in [-0.05, 0) is 42.3 Å². The number of aromatic nitrogens is 2. The minimum Gasteiger partial charge on any atom is -0.347 e. The Labute approximate surface area is 164 Å². The summed E-state index contributed by atoms with van der Waals surface area (Å²) in [7, 11) is 0. The molecule has 3 aromatic rings. The van der Waals surface area contributed by atoms with Gasteiger partial charge in [0.15, 0.2) is 0 Å². The number of halogens is 2. The highest BCUT2D eigenvalue weighted by atomic mass is 35.5. The molecule has 0 bridgehead atoms. The van der Waals surface area contributed by atoms with Crippen molar-refractivity contribution in [1.82, 2.24) is 15.3 Å². The number of anilines is 1. The third kappa shape index (κ3) is 5.12. The Bertz CT molecular complexity index is 1060. The molecule has 0 spiro atoms. The Hall–Kier alpha value is -2.77. The fourth-order valence-corrected chi connectivity index (χ4v) is 2.86. The van der Waals surface area contributed by atoms with E-state index < -0.39 is 0 Å². The maximum atomic E-state index is 12.0. The lowest BCUT2D eigenvalue weighted by Crippen LogP contribution is -2.32. The molecule has 140 valence electrons. The highest BCUT2D eigenvalue weighted by Gasteiger charge is 2.08. The summed E-state index contributed by atoms with van der Waals surface area (Å²) in [5.74, 6) is -0.614. The molecule has 0 saturated heterocycles. The van der Waals surface area contributed by atoms with E-state index in [2.05, 4.69) is 20.6 Å². The third-order valence-corrected chi connectivity index (χ3v) is 4.61. The van der Waals surface area contributed by atoms with Gasteiger partial charge in [-0.2, -0.15) is 0 Å². The topological polar surface area (TPSA) is 107 Å². The molecule has 2 amide bonds. The van der Waals surface area contributed by atoms with Crippen molar-refractivity contribution in [3.8, 4) is 0 Å². The van der Waals surface area contributed by atoms with Crippen LogP contribution in [0.15, 0.2) is 41.2 Å². The van der Waals surface area contributed by atoms with Gasteiger partial charge in [0, 0.05) is 12.1 Å². The van der Waals surface area contributed by atoms with Crippen LogP contribution < -0.4 is 16.3 Å². The minimum atomic E-state index is -0.366. The number of aromatic amines is 2. The molecular weight excluding hydrogens is 391 g/mol. The number of fused-ring (bicyclic) bond motifs is 1. The molecule has 2 aromatic carbocycles. The van der Waals surface area contributed by atoms with E-state index >= 15 is 0 Å². The maximum Gasteiger partial charge on any atom is 0.323 e. The molecule has 0 radical (unpaired) electrons. The van der Waals surface area contributed by atoms with E-state index in [1.54, 1.807) is 36.4 Å². The zero-order valence-electron chi connectivity index (χ0n) is 14.1.